The molecule has 3 aromatic rings. The van der Waals surface area contributed by atoms with Gasteiger partial charge in [-0.3, -0.25) is 9.48 Å². The van der Waals surface area contributed by atoms with Crippen molar-refractivity contribution >= 4 is 22.6 Å². The summed E-state index contributed by atoms with van der Waals surface area (Å²) in [6, 6.07) is 14.4. The molecule has 0 atom stereocenters. The van der Waals surface area contributed by atoms with Crippen LogP contribution in [0.25, 0.3) is 10.8 Å². The number of carbonyl (C=O) groups is 2. The van der Waals surface area contributed by atoms with Crippen LogP contribution in [0.2, 0.25) is 0 Å². The fraction of sp³-hybridized carbons (Fsp3) is 0.286. The number of fused-ring (bicyclic) bond motifs is 1. The fourth-order valence-corrected chi connectivity index (χ4v) is 3.66. The number of hydrogen-bond acceptors (Lipinski definition) is 3. The maximum Gasteiger partial charge on any atom is 0.338 e. The third-order valence-electron chi connectivity index (χ3n) is 5.21. The van der Waals surface area contributed by atoms with Gasteiger partial charge in [-0.1, -0.05) is 42.5 Å². The lowest BCUT2D eigenvalue weighted by Gasteiger charge is -2.32. The first-order chi connectivity index (χ1) is 13.1. The van der Waals surface area contributed by atoms with E-state index in [1.165, 1.54) is 11.6 Å². The van der Waals surface area contributed by atoms with E-state index in [4.69, 9.17) is 5.11 Å². The molecule has 1 aliphatic rings. The largest absolute Gasteiger partial charge is 0.478 e. The van der Waals surface area contributed by atoms with Crippen LogP contribution >= 0.6 is 0 Å². The molecule has 1 aliphatic heterocycles. The van der Waals surface area contributed by atoms with E-state index < -0.39 is 5.97 Å². The molecule has 138 valence electrons. The second-order valence-corrected chi connectivity index (χ2v) is 6.98. The highest BCUT2D eigenvalue weighted by Crippen LogP contribution is 2.23. The number of carbonyl (C=O) groups excluding carboxylic acids is 1. The average molecular weight is 363 g/mol. The third-order valence-corrected chi connectivity index (χ3v) is 5.21. The molecule has 6 heteroatoms. The van der Waals surface area contributed by atoms with Gasteiger partial charge in [0.1, 0.15) is 0 Å². The van der Waals surface area contributed by atoms with Crippen molar-refractivity contribution in [1.82, 2.24) is 14.7 Å². The molecule has 1 aromatic heterocycles. The first-order valence-electron chi connectivity index (χ1n) is 9.13. The molecule has 2 aromatic carbocycles. The standard InChI is InChI=1S/C21H21N3O3/c25-20(12-15-5-6-16-3-1-2-4-17(16)11-15)23-9-7-19(8-10-23)24-14-18(13-22-24)21(26)27/h1-6,11,13-14,19H,7-10,12H2,(H,26,27). The Hall–Kier alpha value is -3.15. The number of carboxylic acid groups (broad SMARTS) is 1. The van der Waals surface area contributed by atoms with Gasteiger partial charge < -0.3 is 10.0 Å². The van der Waals surface area contributed by atoms with Crippen LogP contribution in [0.4, 0.5) is 0 Å². The van der Waals surface area contributed by atoms with Crippen LogP contribution in [0, 0.1) is 0 Å². The molecule has 0 saturated carbocycles. The van der Waals surface area contributed by atoms with E-state index >= 15 is 0 Å². The first-order valence-corrected chi connectivity index (χ1v) is 9.13. The highest BCUT2D eigenvalue weighted by Gasteiger charge is 2.24. The average Bonchev–Trinajstić information content (AvgIpc) is 3.18. The highest BCUT2D eigenvalue weighted by molar-refractivity contribution is 5.87. The lowest BCUT2D eigenvalue weighted by molar-refractivity contribution is -0.131. The van der Waals surface area contributed by atoms with Crippen LogP contribution in [0.1, 0.15) is 34.8 Å². The maximum absolute atomic E-state index is 12.7. The monoisotopic (exact) mass is 363 g/mol. The predicted molar refractivity (Wildman–Crippen MR) is 102 cm³/mol. The molecule has 4 rings (SSSR count). The Kier molecular flexibility index (Phi) is 4.62. The van der Waals surface area contributed by atoms with Gasteiger partial charge in [-0.05, 0) is 29.2 Å². The molecule has 1 amide bonds. The Bertz CT molecular complexity index is 987. The van der Waals surface area contributed by atoms with Gasteiger partial charge in [0.15, 0.2) is 0 Å². The van der Waals surface area contributed by atoms with E-state index in [0.717, 1.165) is 23.8 Å². The molecule has 0 aliphatic carbocycles. The molecule has 1 fully saturated rings. The summed E-state index contributed by atoms with van der Waals surface area (Å²) in [6.45, 7) is 1.33. The van der Waals surface area contributed by atoms with Gasteiger partial charge in [-0.2, -0.15) is 5.10 Å². The number of nitrogens with zero attached hydrogens (tertiary/aromatic N) is 3. The molecule has 1 N–H and O–H groups in total. The van der Waals surface area contributed by atoms with Gasteiger partial charge in [0.05, 0.1) is 24.2 Å². The number of amides is 1. The van der Waals surface area contributed by atoms with Crippen LogP contribution < -0.4 is 0 Å². The lowest BCUT2D eigenvalue weighted by Crippen LogP contribution is -2.40. The van der Waals surface area contributed by atoms with Crippen molar-refractivity contribution < 1.29 is 14.7 Å². The van der Waals surface area contributed by atoms with Gasteiger partial charge in [0.2, 0.25) is 5.91 Å². The van der Waals surface area contributed by atoms with Gasteiger partial charge in [0, 0.05) is 19.3 Å². The topological polar surface area (TPSA) is 75.4 Å². The summed E-state index contributed by atoms with van der Waals surface area (Å²) in [5, 5.41) is 15.5. The molecular formula is C21H21N3O3. The second-order valence-electron chi connectivity index (χ2n) is 6.98. The molecule has 0 radical (unpaired) electrons. The van der Waals surface area contributed by atoms with E-state index in [2.05, 4.69) is 29.4 Å². The summed E-state index contributed by atoms with van der Waals surface area (Å²) >= 11 is 0. The van der Waals surface area contributed by atoms with E-state index in [1.54, 1.807) is 10.9 Å². The van der Waals surface area contributed by atoms with Crippen molar-refractivity contribution in [3.63, 3.8) is 0 Å². The summed E-state index contributed by atoms with van der Waals surface area (Å²) in [5.74, 6) is -0.834. The third kappa shape index (κ3) is 3.69. The summed E-state index contributed by atoms with van der Waals surface area (Å²) in [6.07, 6.45) is 4.91. The van der Waals surface area contributed by atoms with Crippen LogP contribution in [-0.2, 0) is 11.2 Å². The van der Waals surface area contributed by atoms with Crippen molar-refractivity contribution in [1.29, 1.82) is 0 Å². The summed E-state index contributed by atoms with van der Waals surface area (Å²) in [7, 11) is 0. The van der Waals surface area contributed by atoms with E-state index in [9.17, 15) is 9.59 Å². The molecule has 0 spiro atoms. The highest BCUT2D eigenvalue weighted by atomic mass is 16.4. The minimum Gasteiger partial charge on any atom is -0.478 e. The number of aromatic nitrogens is 2. The molecule has 2 heterocycles. The summed E-state index contributed by atoms with van der Waals surface area (Å²) in [4.78, 5) is 25.5. The number of aromatic carboxylic acids is 1. The van der Waals surface area contributed by atoms with Gasteiger partial charge in [-0.15, -0.1) is 0 Å². The minimum absolute atomic E-state index is 0.135. The summed E-state index contributed by atoms with van der Waals surface area (Å²) < 4.78 is 1.72. The quantitative estimate of drug-likeness (QED) is 0.773. The van der Waals surface area contributed by atoms with Crippen molar-refractivity contribution in [3.8, 4) is 0 Å². The van der Waals surface area contributed by atoms with Crippen molar-refractivity contribution in [2.75, 3.05) is 13.1 Å². The van der Waals surface area contributed by atoms with E-state index in [0.29, 0.717) is 19.5 Å². The SMILES string of the molecule is O=C(O)c1cnn(C2CCN(C(=O)Cc3ccc4ccccc4c3)CC2)c1. The van der Waals surface area contributed by atoms with E-state index in [-0.39, 0.29) is 17.5 Å². The molecule has 6 nitrogen and oxygen atoms in total. The van der Waals surface area contributed by atoms with E-state index in [1.807, 2.05) is 23.1 Å². The lowest BCUT2D eigenvalue weighted by atomic mass is 10.0. The molecule has 27 heavy (non-hydrogen) atoms. The Balaban J connectivity index is 1.36. The Morgan fingerprint density at radius 1 is 1.07 bits per heavy atom. The normalized spacial score (nSPS) is 15.2. The predicted octanol–water partition coefficient (Wildman–Crippen LogP) is 3.14. The number of hydrogen-bond donors (Lipinski definition) is 1. The smallest absolute Gasteiger partial charge is 0.338 e. The van der Waals surface area contributed by atoms with Crippen molar-refractivity contribution in [2.24, 2.45) is 0 Å². The number of rotatable bonds is 4. The van der Waals surface area contributed by atoms with Gasteiger partial charge in [-0.25, -0.2) is 4.79 Å². The fourth-order valence-electron chi connectivity index (χ4n) is 3.66. The maximum atomic E-state index is 12.7. The van der Waals surface area contributed by atoms with Crippen molar-refractivity contribution in [2.45, 2.75) is 25.3 Å². The van der Waals surface area contributed by atoms with Gasteiger partial charge >= 0.3 is 5.97 Å². The zero-order valence-electron chi connectivity index (χ0n) is 14.9. The molecule has 1 saturated heterocycles. The minimum atomic E-state index is -0.968. The number of benzene rings is 2. The van der Waals surface area contributed by atoms with Crippen molar-refractivity contribution in [3.05, 3.63) is 66.0 Å². The number of piperidine rings is 1. The molecular weight excluding hydrogens is 342 g/mol. The zero-order valence-corrected chi connectivity index (χ0v) is 14.9. The van der Waals surface area contributed by atoms with Crippen LogP contribution in [0.3, 0.4) is 0 Å². The van der Waals surface area contributed by atoms with Crippen LogP contribution in [0.5, 0.6) is 0 Å². The van der Waals surface area contributed by atoms with Gasteiger partial charge in [0.25, 0.3) is 0 Å². The Morgan fingerprint density at radius 2 is 1.81 bits per heavy atom. The first kappa shape index (κ1) is 17.3. The van der Waals surface area contributed by atoms with Crippen LogP contribution in [-0.4, -0.2) is 44.8 Å². The number of likely N-dealkylation sites (tertiary alicyclic amines) is 1. The number of carboxylic acids is 1. The zero-order chi connectivity index (χ0) is 18.8. The summed E-state index contributed by atoms with van der Waals surface area (Å²) in [5.41, 5.74) is 1.23. The second kappa shape index (κ2) is 7.23. The Labute approximate surface area is 157 Å². The molecule has 0 bridgehead atoms. The molecule has 0 unspecified atom stereocenters. The van der Waals surface area contributed by atoms with Crippen LogP contribution in [0.15, 0.2) is 54.9 Å². The Morgan fingerprint density at radius 3 is 2.52 bits per heavy atom.